The van der Waals surface area contributed by atoms with E-state index >= 15 is 0 Å². The predicted molar refractivity (Wildman–Crippen MR) is 153 cm³/mol. The van der Waals surface area contributed by atoms with Crippen LogP contribution in [0, 0.1) is 5.41 Å². The average molecular weight is 511 g/mol. The quantitative estimate of drug-likeness (QED) is 0.188. The van der Waals surface area contributed by atoms with Gasteiger partial charge in [0.15, 0.2) is 0 Å². The van der Waals surface area contributed by atoms with E-state index in [-0.39, 0.29) is 17.4 Å². The van der Waals surface area contributed by atoms with Crippen molar-refractivity contribution < 1.29 is 9.63 Å². The summed E-state index contributed by atoms with van der Waals surface area (Å²) in [4.78, 5) is 23.6. The molecule has 3 aromatic carbocycles. The molecule has 0 aliphatic rings. The van der Waals surface area contributed by atoms with Gasteiger partial charge in [0.05, 0.1) is 18.8 Å². The molecule has 1 atom stereocenters. The molecule has 38 heavy (non-hydrogen) atoms. The molecule has 1 aromatic heterocycles. The summed E-state index contributed by atoms with van der Waals surface area (Å²) in [5.41, 5.74) is 3.74. The Bertz CT molecular complexity index is 1280. The summed E-state index contributed by atoms with van der Waals surface area (Å²) in [5.74, 6) is 0.892. The Kier molecular flexibility index (Phi) is 9.10. The molecule has 0 saturated heterocycles. The van der Waals surface area contributed by atoms with Gasteiger partial charge in [-0.2, -0.15) is 5.06 Å². The van der Waals surface area contributed by atoms with E-state index in [0.717, 1.165) is 23.5 Å². The summed E-state index contributed by atoms with van der Waals surface area (Å²) in [6.07, 6.45) is 2.88. The van der Waals surface area contributed by atoms with Gasteiger partial charge in [0.25, 0.3) is 5.91 Å². The number of carbonyl (C=O) groups excluding carboxylic acids is 1. The Labute approximate surface area is 226 Å². The topological polar surface area (TPSA) is 59.4 Å². The monoisotopic (exact) mass is 510 g/mol. The first kappa shape index (κ1) is 27.3. The normalized spacial score (nSPS) is 12.4. The molecule has 0 aliphatic carbocycles. The number of hydrogen-bond donors (Lipinski definition) is 1. The number of aromatic nitrogens is 2. The van der Waals surface area contributed by atoms with Crippen molar-refractivity contribution in [3.63, 3.8) is 0 Å². The first-order chi connectivity index (χ1) is 18.4. The number of nitrogens with zero attached hydrogens (tertiary/aromatic N) is 3. The molecule has 0 unspecified atom stereocenters. The van der Waals surface area contributed by atoms with Crippen LogP contribution in [-0.4, -0.2) is 40.7 Å². The summed E-state index contributed by atoms with van der Waals surface area (Å²) in [7, 11) is 1.71. The first-order valence-electron chi connectivity index (χ1n) is 13.2. The summed E-state index contributed by atoms with van der Waals surface area (Å²) in [6, 6.07) is 29.9. The van der Waals surface area contributed by atoms with Gasteiger partial charge in [-0.15, -0.1) is 0 Å². The lowest BCUT2D eigenvalue weighted by molar-refractivity contribution is -0.189. The zero-order chi connectivity index (χ0) is 27.0. The van der Waals surface area contributed by atoms with E-state index in [9.17, 15) is 4.79 Å². The Hall–Kier alpha value is -3.74. The van der Waals surface area contributed by atoms with Crippen molar-refractivity contribution in [1.29, 1.82) is 0 Å². The molecule has 0 saturated carbocycles. The molecule has 0 aliphatic heterocycles. The lowest BCUT2D eigenvalue weighted by Crippen LogP contribution is -2.39. The zero-order valence-electron chi connectivity index (χ0n) is 22.8. The van der Waals surface area contributed by atoms with Crippen LogP contribution in [0.1, 0.15) is 55.0 Å². The number of benzene rings is 3. The maximum atomic E-state index is 12.5. The van der Waals surface area contributed by atoms with E-state index in [1.54, 1.807) is 7.11 Å². The highest BCUT2D eigenvalue weighted by Gasteiger charge is 2.36. The van der Waals surface area contributed by atoms with Crippen molar-refractivity contribution in [2.45, 2.75) is 39.8 Å². The van der Waals surface area contributed by atoms with Gasteiger partial charge in [-0.05, 0) is 29.5 Å². The molecule has 6 heteroatoms. The van der Waals surface area contributed by atoms with Crippen LogP contribution in [0.5, 0.6) is 0 Å². The zero-order valence-corrected chi connectivity index (χ0v) is 22.8. The molecule has 0 bridgehead atoms. The Morgan fingerprint density at radius 1 is 0.947 bits per heavy atom. The molecule has 1 N–H and O–H groups in total. The van der Waals surface area contributed by atoms with Crippen molar-refractivity contribution in [3.05, 3.63) is 114 Å². The predicted octanol–water partition coefficient (Wildman–Crippen LogP) is 6.37. The third-order valence-corrected chi connectivity index (χ3v) is 6.54. The number of nitrogens with one attached hydrogen (secondary N) is 1. The lowest BCUT2D eigenvalue weighted by Gasteiger charge is -2.38. The van der Waals surface area contributed by atoms with Gasteiger partial charge >= 0.3 is 0 Å². The van der Waals surface area contributed by atoms with Crippen LogP contribution in [0.3, 0.4) is 0 Å². The fraction of sp³-hybridized carbons (Fsp3) is 0.312. The molecule has 4 rings (SSSR count). The number of rotatable bonds is 11. The Balaban J connectivity index is 1.58. The molecule has 198 valence electrons. The van der Waals surface area contributed by atoms with E-state index in [1.165, 1.54) is 5.56 Å². The minimum absolute atomic E-state index is 0.0622. The van der Waals surface area contributed by atoms with Crippen LogP contribution in [0.25, 0.3) is 11.3 Å². The second-order valence-electron chi connectivity index (χ2n) is 10.5. The van der Waals surface area contributed by atoms with Crippen molar-refractivity contribution in [2.24, 2.45) is 5.41 Å². The molecule has 4 aromatic rings. The maximum Gasteiger partial charge on any atom is 0.251 e. The van der Waals surface area contributed by atoms with Crippen LogP contribution in [-0.2, 0) is 11.4 Å². The van der Waals surface area contributed by atoms with E-state index in [0.29, 0.717) is 25.2 Å². The molecule has 0 fully saturated rings. The number of hydroxylamine groups is 2. The average Bonchev–Trinajstić information content (AvgIpc) is 3.33. The summed E-state index contributed by atoms with van der Waals surface area (Å²) in [6.45, 7) is 8.55. The minimum Gasteiger partial charge on any atom is -0.352 e. The number of imidazole rings is 1. The van der Waals surface area contributed by atoms with Gasteiger partial charge in [-0.1, -0.05) is 99.6 Å². The van der Waals surface area contributed by atoms with Gasteiger partial charge in [-0.3, -0.25) is 4.79 Å². The van der Waals surface area contributed by atoms with E-state index in [4.69, 9.17) is 9.82 Å². The van der Waals surface area contributed by atoms with E-state index in [2.05, 4.69) is 73.3 Å². The highest BCUT2D eigenvalue weighted by molar-refractivity contribution is 5.94. The van der Waals surface area contributed by atoms with Gasteiger partial charge in [0, 0.05) is 37.0 Å². The largest absolute Gasteiger partial charge is 0.352 e. The van der Waals surface area contributed by atoms with Gasteiger partial charge in [-0.25, -0.2) is 4.98 Å². The van der Waals surface area contributed by atoms with Crippen molar-refractivity contribution in [3.8, 4) is 11.3 Å². The molecule has 0 radical (unpaired) electrons. The molecular weight excluding hydrogens is 472 g/mol. The van der Waals surface area contributed by atoms with Crippen LogP contribution < -0.4 is 5.32 Å². The highest BCUT2D eigenvalue weighted by Crippen LogP contribution is 2.39. The van der Waals surface area contributed by atoms with Crippen molar-refractivity contribution >= 4 is 5.91 Å². The SMILES string of the molecule is CON(CCCNC(=O)c1ccccc1)[C@@H](c1nc(-c2ccccc2)cn1Cc1ccccc1)C(C)(C)C. The number of amides is 1. The number of carbonyl (C=O) groups is 1. The van der Waals surface area contributed by atoms with Gasteiger partial charge in [0.2, 0.25) is 0 Å². The van der Waals surface area contributed by atoms with Crippen molar-refractivity contribution in [2.75, 3.05) is 20.2 Å². The Morgan fingerprint density at radius 2 is 1.55 bits per heavy atom. The highest BCUT2D eigenvalue weighted by atomic mass is 16.7. The maximum absolute atomic E-state index is 12.5. The number of hydrogen-bond acceptors (Lipinski definition) is 4. The van der Waals surface area contributed by atoms with Gasteiger partial charge in [0.1, 0.15) is 5.82 Å². The second-order valence-corrected chi connectivity index (χ2v) is 10.5. The summed E-state index contributed by atoms with van der Waals surface area (Å²) >= 11 is 0. The van der Waals surface area contributed by atoms with Gasteiger partial charge < -0.3 is 14.7 Å². The van der Waals surface area contributed by atoms with Crippen LogP contribution in [0.4, 0.5) is 0 Å². The molecule has 0 spiro atoms. The third kappa shape index (κ3) is 6.97. The molecule has 6 nitrogen and oxygen atoms in total. The van der Waals surface area contributed by atoms with E-state index < -0.39 is 0 Å². The lowest BCUT2D eigenvalue weighted by atomic mass is 9.85. The molecule has 1 amide bonds. The molecular formula is C32H38N4O2. The second kappa shape index (κ2) is 12.7. The Morgan fingerprint density at radius 3 is 2.16 bits per heavy atom. The fourth-order valence-corrected chi connectivity index (χ4v) is 4.71. The fourth-order valence-electron chi connectivity index (χ4n) is 4.71. The smallest absolute Gasteiger partial charge is 0.251 e. The van der Waals surface area contributed by atoms with Crippen LogP contribution in [0.15, 0.2) is 97.2 Å². The third-order valence-electron chi connectivity index (χ3n) is 6.54. The van der Waals surface area contributed by atoms with Crippen LogP contribution >= 0.6 is 0 Å². The standard InChI is InChI=1S/C32H38N4O2/c1-32(2,3)29(36(38-4)22-14-21-33-31(37)27-19-12-7-13-20-27)30-34-28(26-17-10-6-11-18-26)24-35(30)23-25-15-8-5-9-16-25/h5-13,15-20,24,29H,14,21-23H2,1-4H3,(H,33,37)/t29-/m0/s1. The first-order valence-corrected chi connectivity index (χ1v) is 13.2. The van der Waals surface area contributed by atoms with E-state index in [1.807, 2.05) is 59.7 Å². The van der Waals surface area contributed by atoms with Crippen molar-refractivity contribution in [1.82, 2.24) is 19.9 Å². The minimum atomic E-state index is -0.170. The van der Waals surface area contributed by atoms with Crippen LogP contribution in [0.2, 0.25) is 0 Å². The molecule has 1 heterocycles. The summed E-state index contributed by atoms with van der Waals surface area (Å²) in [5, 5.41) is 5.03. The summed E-state index contributed by atoms with van der Waals surface area (Å²) < 4.78 is 2.25.